The molecule has 0 rings (SSSR count). The molecule has 0 saturated heterocycles. The smallest absolute Gasteiger partial charge is 0.322 e. The molecular weight excluding hydrogens is 256 g/mol. The Hall–Kier alpha value is -1.10. The summed E-state index contributed by atoms with van der Waals surface area (Å²) in [7, 11) is 1.34. The van der Waals surface area contributed by atoms with Gasteiger partial charge in [-0.2, -0.15) is 0 Å². The van der Waals surface area contributed by atoms with Gasteiger partial charge in [-0.15, -0.1) is 0 Å². The maximum atomic E-state index is 11.3. The Morgan fingerprint density at radius 2 is 1.55 bits per heavy atom. The van der Waals surface area contributed by atoms with E-state index in [0.717, 1.165) is 13.1 Å². The maximum Gasteiger partial charge on any atom is 0.322 e. The second-order valence-electron chi connectivity index (χ2n) is 5.46. The molecule has 0 heterocycles. The molecule has 0 aromatic carbocycles. The molecule has 0 aliphatic carbocycles. The lowest BCUT2D eigenvalue weighted by Gasteiger charge is -2.19. The average Bonchev–Trinajstić information content (AvgIpc) is 2.38. The molecule has 120 valence electrons. The highest BCUT2D eigenvalue weighted by Crippen LogP contribution is 2.03. The van der Waals surface area contributed by atoms with Crippen LogP contribution >= 0.6 is 0 Å². The van der Waals surface area contributed by atoms with Crippen molar-refractivity contribution in [2.75, 3.05) is 20.2 Å². The van der Waals surface area contributed by atoms with Crippen molar-refractivity contribution in [3.63, 3.8) is 0 Å². The number of hydrogen-bond donors (Lipinski definition) is 1. The Kier molecular flexibility index (Phi) is 12.4. The first kappa shape index (κ1) is 21.2. The van der Waals surface area contributed by atoms with E-state index in [2.05, 4.69) is 18.6 Å². The Labute approximate surface area is 123 Å². The minimum Gasteiger partial charge on any atom is -0.468 e. The van der Waals surface area contributed by atoms with Crippen LogP contribution in [0.5, 0.6) is 0 Å². The summed E-state index contributed by atoms with van der Waals surface area (Å²) in [4.78, 5) is 23.8. The van der Waals surface area contributed by atoms with Crippen LogP contribution in [0.1, 0.15) is 48.0 Å². The summed E-state index contributed by atoms with van der Waals surface area (Å²) in [5.41, 5.74) is 5.40. The predicted molar refractivity (Wildman–Crippen MR) is 82.2 cm³/mol. The molecule has 0 aromatic rings. The van der Waals surface area contributed by atoms with Gasteiger partial charge in [0.2, 0.25) is 5.91 Å². The van der Waals surface area contributed by atoms with Gasteiger partial charge < -0.3 is 15.4 Å². The third kappa shape index (κ3) is 9.78. The molecule has 0 fully saturated rings. The van der Waals surface area contributed by atoms with Gasteiger partial charge in [-0.1, -0.05) is 27.7 Å². The predicted octanol–water partition coefficient (Wildman–Crippen LogP) is 2.04. The van der Waals surface area contributed by atoms with E-state index in [-0.39, 0.29) is 17.8 Å². The minimum absolute atomic E-state index is 0.150. The highest BCUT2D eigenvalue weighted by atomic mass is 16.5. The summed E-state index contributed by atoms with van der Waals surface area (Å²) in [6, 6.07) is -0.477. The lowest BCUT2D eigenvalue weighted by molar-refractivity contribution is -0.143. The zero-order valence-corrected chi connectivity index (χ0v) is 14.1. The van der Waals surface area contributed by atoms with E-state index in [4.69, 9.17) is 5.73 Å². The fourth-order valence-corrected chi connectivity index (χ4v) is 1.46. The second-order valence-corrected chi connectivity index (χ2v) is 5.46. The number of amides is 1. The maximum absolute atomic E-state index is 11.3. The van der Waals surface area contributed by atoms with Crippen LogP contribution in [0.4, 0.5) is 0 Å². The van der Waals surface area contributed by atoms with Gasteiger partial charge in [0.25, 0.3) is 0 Å². The summed E-state index contributed by atoms with van der Waals surface area (Å²) in [5.74, 6) is 0.565. The van der Waals surface area contributed by atoms with Gasteiger partial charge in [-0.05, 0) is 25.7 Å². The van der Waals surface area contributed by atoms with Crippen molar-refractivity contribution in [1.82, 2.24) is 4.90 Å². The van der Waals surface area contributed by atoms with E-state index >= 15 is 0 Å². The number of nitrogens with zero attached hydrogens (tertiary/aromatic N) is 1. The van der Waals surface area contributed by atoms with Gasteiger partial charge in [0, 0.05) is 19.5 Å². The van der Waals surface area contributed by atoms with Gasteiger partial charge in [-0.25, -0.2) is 0 Å². The summed E-state index contributed by atoms with van der Waals surface area (Å²) in [5, 5.41) is 0. The molecule has 1 atom stereocenters. The number of hydrogen-bond acceptors (Lipinski definition) is 4. The molecule has 0 spiro atoms. The normalized spacial score (nSPS) is 11.7. The highest BCUT2D eigenvalue weighted by molar-refractivity contribution is 5.76. The van der Waals surface area contributed by atoms with Crippen LogP contribution in [0.2, 0.25) is 0 Å². The second kappa shape index (κ2) is 11.7. The van der Waals surface area contributed by atoms with E-state index in [1.807, 2.05) is 32.6 Å². The molecule has 0 unspecified atom stereocenters. The molecule has 0 aliphatic rings. The summed E-state index contributed by atoms with van der Waals surface area (Å²) >= 11 is 0. The zero-order chi connectivity index (χ0) is 16.3. The van der Waals surface area contributed by atoms with Crippen molar-refractivity contribution in [3.8, 4) is 0 Å². The summed E-state index contributed by atoms with van der Waals surface area (Å²) < 4.78 is 4.41. The van der Waals surface area contributed by atoms with E-state index in [0.29, 0.717) is 12.3 Å². The molecule has 0 bridgehead atoms. The first-order valence-corrected chi connectivity index (χ1v) is 7.32. The molecule has 0 saturated carbocycles. The molecule has 0 radical (unpaired) electrons. The van der Waals surface area contributed by atoms with Crippen molar-refractivity contribution in [3.05, 3.63) is 0 Å². The number of rotatable bonds is 6. The molecule has 20 heavy (non-hydrogen) atoms. The fraction of sp³-hybridized carbons (Fsp3) is 0.867. The third-order valence-electron chi connectivity index (χ3n) is 2.89. The fourth-order valence-electron chi connectivity index (χ4n) is 1.46. The molecule has 0 aromatic heterocycles. The van der Waals surface area contributed by atoms with Crippen molar-refractivity contribution in [1.29, 1.82) is 0 Å². The van der Waals surface area contributed by atoms with Crippen LogP contribution in [0.25, 0.3) is 0 Å². The van der Waals surface area contributed by atoms with E-state index in [1.54, 1.807) is 0 Å². The average molecular weight is 288 g/mol. The van der Waals surface area contributed by atoms with Crippen LogP contribution in [-0.4, -0.2) is 43.0 Å². The lowest BCUT2D eigenvalue weighted by atomic mass is 10.1. The van der Waals surface area contributed by atoms with Crippen LogP contribution < -0.4 is 5.73 Å². The monoisotopic (exact) mass is 288 g/mol. The molecule has 1 amide bonds. The number of carbonyl (C=O) groups is 2. The third-order valence-corrected chi connectivity index (χ3v) is 2.89. The quantitative estimate of drug-likeness (QED) is 0.759. The van der Waals surface area contributed by atoms with Gasteiger partial charge in [-0.3, -0.25) is 9.59 Å². The van der Waals surface area contributed by atoms with E-state index in [9.17, 15) is 9.59 Å². The first-order chi connectivity index (χ1) is 9.20. The van der Waals surface area contributed by atoms with Crippen molar-refractivity contribution in [2.45, 2.75) is 54.0 Å². The Morgan fingerprint density at radius 3 is 1.75 bits per heavy atom. The number of ether oxygens (including phenoxy) is 1. The standard InChI is InChI=1S/C9H19NO.C6H13NO2/c1-5-10(6-2)9(11)7-8(3)4;1-4(2)5(7)6(8)9-3/h8H,5-7H2,1-4H3;4-5H,7H2,1-3H3/t;5-/m.0/s1. The summed E-state index contributed by atoms with van der Waals surface area (Å²) in [6.45, 7) is 13.6. The van der Waals surface area contributed by atoms with E-state index in [1.165, 1.54) is 7.11 Å². The topological polar surface area (TPSA) is 72.6 Å². The zero-order valence-electron chi connectivity index (χ0n) is 14.1. The van der Waals surface area contributed by atoms with Crippen LogP contribution in [0, 0.1) is 11.8 Å². The van der Waals surface area contributed by atoms with Gasteiger partial charge in [0.1, 0.15) is 6.04 Å². The number of esters is 1. The van der Waals surface area contributed by atoms with Gasteiger partial charge in [0.05, 0.1) is 7.11 Å². The lowest BCUT2D eigenvalue weighted by Crippen LogP contribution is -2.36. The van der Waals surface area contributed by atoms with Crippen LogP contribution in [0.3, 0.4) is 0 Å². The molecular formula is C15H32N2O3. The molecule has 2 N–H and O–H groups in total. The Morgan fingerprint density at radius 1 is 1.10 bits per heavy atom. The SMILES string of the molecule is CCN(CC)C(=O)CC(C)C.COC(=O)[C@@H](N)C(C)C. The van der Waals surface area contributed by atoms with Crippen molar-refractivity contribution < 1.29 is 14.3 Å². The Balaban J connectivity index is 0. The van der Waals surface area contributed by atoms with E-state index < -0.39 is 6.04 Å². The number of carbonyl (C=O) groups excluding carboxylic acids is 2. The van der Waals surface area contributed by atoms with Gasteiger partial charge in [0.15, 0.2) is 0 Å². The largest absolute Gasteiger partial charge is 0.468 e. The van der Waals surface area contributed by atoms with Crippen LogP contribution in [0.15, 0.2) is 0 Å². The molecule has 5 heteroatoms. The highest BCUT2D eigenvalue weighted by Gasteiger charge is 2.16. The summed E-state index contributed by atoms with van der Waals surface area (Å²) in [6.07, 6.45) is 0.682. The van der Waals surface area contributed by atoms with Crippen molar-refractivity contribution in [2.24, 2.45) is 17.6 Å². The van der Waals surface area contributed by atoms with Gasteiger partial charge >= 0.3 is 5.97 Å². The first-order valence-electron chi connectivity index (χ1n) is 7.32. The minimum atomic E-state index is -0.477. The number of methoxy groups -OCH3 is 1. The van der Waals surface area contributed by atoms with Crippen molar-refractivity contribution >= 4 is 11.9 Å². The Bertz CT molecular complexity index is 274. The van der Waals surface area contributed by atoms with Crippen LogP contribution in [-0.2, 0) is 14.3 Å². The molecule has 0 aliphatic heterocycles. The number of nitrogens with two attached hydrogens (primary N) is 1. The molecule has 5 nitrogen and oxygen atoms in total.